The Morgan fingerprint density at radius 2 is 1.92 bits per heavy atom. The molecule has 1 saturated carbocycles. The third-order valence-electron chi connectivity index (χ3n) is 5.88. The topological polar surface area (TPSA) is 75.2 Å². The Kier molecular flexibility index (Phi) is 6.80. The molecule has 0 aromatic heterocycles. The molecule has 0 aromatic carbocycles. The predicted octanol–water partition coefficient (Wildman–Crippen LogP) is 1.81. The Labute approximate surface area is 167 Å². The molecular weight excluding hydrogens is 435 g/mol. The van der Waals surface area contributed by atoms with Crippen LogP contribution in [0.25, 0.3) is 0 Å². The third kappa shape index (κ3) is 3.99. The molecule has 2 aliphatic heterocycles. The molecule has 2 saturated heterocycles. The summed E-state index contributed by atoms with van der Waals surface area (Å²) in [6.07, 6.45) is 3.06. The fraction of sp³-hybridized carbons (Fsp3) is 0.882. The summed E-state index contributed by atoms with van der Waals surface area (Å²) in [7, 11) is 3.24. The summed E-state index contributed by atoms with van der Waals surface area (Å²) >= 11 is 0. The molecule has 1 amide bonds. The number of rotatable bonds is 2. The molecule has 3 aliphatic rings. The van der Waals surface area contributed by atoms with Gasteiger partial charge in [0.15, 0.2) is 5.96 Å². The molecule has 144 valence electrons. The summed E-state index contributed by atoms with van der Waals surface area (Å²) in [4.78, 5) is 17.7. The fourth-order valence-corrected chi connectivity index (χ4v) is 4.46. The molecular formula is C17H31IN4O3. The highest BCUT2D eigenvalue weighted by atomic mass is 127. The molecule has 0 bridgehead atoms. The van der Waals surface area contributed by atoms with Crippen molar-refractivity contribution in [2.24, 2.45) is 16.3 Å². The maximum absolute atomic E-state index is 11.6. The van der Waals surface area contributed by atoms with Gasteiger partial charge in [0, 0.05) is 50.2 Å². The molecule has 1 aliphatic carbocycles. The van der Waals surface area contributed by atoms with Crippen molar-refractivity contribution in [2.75, 3.05) is 33.9 Å². The molecule has 0 aromatic rings. The highest BCUT2D eigenvalue weighted by Gasteiger charge is 2.59. The van der Waals surface area contributed by atoms with Gasteiger partial charge < -0.3 is 25.0 Å². The number of piperidine rings is 1. The van der Waals surface area contributed by atoms with Crippen molar-refractivity contribution in [1.29, 1.82) is 0 Å². The second-order valence-corrected chi connectivity index (χ2v) is 7.64. The number of hydrogen-bond donors (Lipinski definition) is 2. The molecule has 7 nitrogen and oxygen atoms in total. The lowest BCUT2D eigenvalue weighted by molar-refractivity contribution is -0.106. The van der Waals surface area contributed by atoms with Gasteiger partial charge in [-0.15, -0.1) is 24.0 Å². The number of methoxy groups -OCH3 is 1. The predicted molar refractivity (Wildman–Crippen MR) is 107 cm³/mol. The molecule has 2 N–H and O–H groups in total. The standard InChI is InChI=1S/C17H30N4O3.HI/c1-17(2)13(12-7-10-24-14(12)17)20-15(18-3)19-11-5-8-21(9-6-11)16(22)23-4;/h11-14H,5-10H2,1-4H3,(H2,18,19,20);1H. The first-order chi connectivity index (χ1) is 11.5. The number of ether oxygens (including phenoxy) is 2. The van der Waals surface area contributed by atoms with Gasteiger partial charge in [-0.3, -0.25) is 4.99 Å². The van der Waals surface area contributed by atoms with Crippen molar-refractivity contribution < 1.29 is 14.3 Å². The first-order valence-corrected chi connectivity index (χ1v) is 8.91. The van der Waals surface area contributed by atoms with E-state index in [1.54, 1.807) is 4.90 Å². The van der Waals surface area contributed by atoms with E-state index in [1.807, 2.05) is 7.05 Å². The zero-order chi connectivity index (χ0) is 17.3. The molecule has 8 heteroatoms. The van der Waals surface area contributed by atoms with Crippen LogP contribution in [0.3, 0.4) is 0 Å². The van der Waals surface area contributed by atoms with E-state index in [0.717, 1.165) is 44.9 Å². The van der Waals surface area contributed by atoms with E-state index in [-0.39, 0.29) is 35.5 Å². The van der Waals surface area contributed by atoms with Crippen LogP contribution in [0.5, 0.6) is 0 Å². The number of amides is 1. The van der Waals surface area contributed by atoms with Crippen LogP contribution in [-0.2, 0) is 9.47 Å². The van der Waals surface area contributed by atoms with E-state index >= 15 is 0 Å². The minimum atomic E-state index is -0.237. The molecule has 3 unspecified atom stereocenters. The lowest BCUT2D eigenvalue weighted by Crippen LogP contribution is -2.68. The number of fused-ring (bicyclic) bond motifs is 1. The number of guanidine groups is 1. The number of carbonyl (C=O) groups excluding carboxylic acids is 1. The van der Waals surface area contributed by atoms with Gasteiger partial charge in [-0.25, -0.2) is 4.79 Å². The molecule has 25 heavy (non-hydrogen) atoms. The second kappa shape index (κ2) is 8.28. The highest BCUT2D eigenvalue weighted by Crippen LogP contribution is 2.52. The monoisotopic (exact) mass is 466 g/mol. The maximum atomic E-state index is 11.6. The van der Waals surface area contributed by atoms with Crippen LogP contribution < -0.4 is 10.6 Å². The molecule has 3 rings (SSSR count). The summed E-state index contributed by atoms with van der Waals surface area (Å²) in [6.45, 7) is 6.83. The zero-order valence-corrected chi connectivity index (χ0v) is 17.9. The van der Waals surface area contributed by atoms with Crippen LogP contribution in [0.2, 0.25) is 0 Å². The van der Waals surface area contributed by atoms with Gasteiger partial charge in [-0.1, -0.05) is 13.8 Å². The summed E-state index contributed by atoms with van der Waals surface area (Å²) in [5, 5.41) is 7.13. The zero-order valence-electron chi connectivity index (χ0n) is 15.6. The van der Waals surface area contributed by atoms with Crippen LogP contribution in [-0.4, -0.2) is 69.0 Å². The van der Waals surface area contributed by atoms with Crippen LogP contribution in [0.1, 0.15) is 33.1 Å². The van der Waals surface area contributed by atoms with Crippen LogP contribution >= 0.6 is 24.0 Å². The quantitative estimate of drug-likeness (QED) is 0.369. The molecule has 2 heterocycles. The number of halogens is 1. The van der Waals surface area contributed by atoms with Gasteiger partial charge in [-0.05, 0) is 19.3 Å². The average molecular weight is 466 g/mol. The van der Waals surface area contributed by atoms with Gasteiger partial charge in [-0.2, -0.15) is 0 Å². The number of nitrogens with one attached hydrogen (secondary N) is 2. The van der Waals surface area contributed by atoms with Gasteiger partial charge in [0.1, 0.15) is 0 Å². The molecule has 0 spiro atoms. The number of hydrogen-bond acceptors (Lipinski definition) is 4. The first-order valence-electron chi connectivity index (χ1n) is 8.91. The maximum Gasteiger partial charge on any atom is 0.409 e. The van der Waals surface area contributed by atoms with Gasteiger partial charge in [0.2, 0.25) is 0 Å². The van der Waals surface area contributed by atoms with Crippen LogP contribution in [0.4, 0.5) is 4.79 Å². The van der Waals surface area contributed by atoms with E-state index in [2.05, 4.69) is 29.5 Å². The summed E-state index contributed by atoms with van der Waals surface area (Å²) in [6, 6.07) is 0.724. The Morgan fingerprint density at radius 1 is 1.24 bits per heavy atom. The Bertz CT molecular complexity index is 506. The lowest BCUT2D eigenvalue weighted by Gasteiger charge is -2.55. The first kappa shape index (κ1) is 20.5. The number of nitrogens with zero attached hydrogens (tertiary/aromatic N) is 2. The van der Waals surface area contributed by atoms with Crippen molar-refractivity contribution >= 4 is 36.0 Å². The van der Waals surface area contributed by atoms with Crippen LogP contribution in [0, 0.1) is 11.3 Å². The van der Waals surface area contributed by atoms with Gasteiger partial charge in [0.25, 0.3) is 0 Å². The van der Waals surface area contributed by atoms with Gasteiger partial charge >= 0.3 is 6.09 Å². The van der Waals surface area contributed by atoms with Crippen molar-refractivity contribution in [3.05, 3.63) is 0 Å². The van der Waals surface area contributed by atoms with E-state index in [9.17, 15) is 4.79 Å². The Balaban J connectivity index is 0.00000225. The number of carbonyl (C=O) groups is 1. The molecule has 0 radical (unpaired) electrons. The smallest absolute Gasteiger partial charge is 0.409 e. The molecule has 3 atom stereocenters. The molecule has 3 fully saturated rings. The summed E-state index contributed by atoms with van der Waals surface area (Å²) < 4.78 is 10.6. The Morgan fingerprint density at radius 3 is 2.52 bits per heavy atom. The Hall–Kier alpha value is -0.770. The number of aliphatic imine (C=N–C) groups is 1. The van der Waals surface area contributed by atoms with Crippen molar-refractivity contribution in [1.82, 2.24) is 15.5 Å². The lowest BCUT2D eigenvalue weighted by atomic mass is 9.57. The van der Waals surface area contributed by atoms with Crippen molar-refractivity contribution in [3.8, 4) is 0 Å². The summed E-state index contributed by atoms with van der Waals surface area (Å²) in [5.74, 6) is 1.44. The van der Waals surface area contributed by atoms with E-state index in [1.165, 1.54) is 7.11 Å². The average Bonchev–Trinajstić information content (AvgIpc) is 3.05. The van der Waals surface area contributed by atoms with E-state index in [0.29, 0.717) is 24.1 Å². The normalized spacial score (nSPS) is 31.4. The fourth-order valence-electron chi connectivity index (χ4n) is 4.46. The van der Waals surface area contributed by atoms with Crippen LogP contribution in [0.15, 0.2) is 4.99 Å². The van der Waals surface area contributed by atoms with Gasteiger partial charge in [0.05, 0.1) is 13.2 Å². The van der Waals surface area contributed by atoms with Crippen molar-refractivity contribution in [3.63, 3.8) is 0 Å². The highest BCUT2D eigenvalue weighted by molar-refractivity contribution is 14.0. The SMILES string of the molecule is CN=C(NC1CCN(C(=O)OC)CC1)NC1C2CCOC2C1(C)C.I. The van der Waals surface area contributed by atoms with E-state index in [4.69, 9.17) is 9.47 Å². The largest absolute Gasteiger partial charge is 0.453 e. The number of likely N-dealkylation sites (tertiary alicyclic amines) is 1. The minimum absolute atomic E-state index is 0. The third-order valence-corrected chi connectivity index (χ3v) is 5.88. The van der Waals surface area contributed by atoms with E-state index < -0.39 is 0 Å². The second-order valence-electron chi connectivity index (χ2n) is 7.64. The minimum Gasteiger partial charge on any atom is -0.453 e. The summed E-state index contributed by atoms with van der Waals surface area (Å²) in [5.41, 5.74) is 0.132. The van der Waals surface area contributed by atoms with Crippen molar-refractivity contribution in [2.45, 2.75) is 51.3 Å².